The van der Waals surface area contributed by atoms with E-state index in [1.54, 1.807) is 13.8 Å². The monoisotopic (exact) mass is 341 g/mol. The van der Waals surface area contributed by atoms with Crippen molar-refractivity contribution in [2.75, 3.05) is 13.2 Å². The molecule has 0 radical (unpaired) electrons. The van der Waals surface area contributed by atoms with Gasteiger partial charge in [0, 0.05) is 8.89 Å². The van der Waals surface area contributed by atoms with E-state index in [2.05, 4.69) is 20.5 Å². The summed E-state index contributed by atoms with van der Waals surface area (Å²) in [7, 11) is -2.72. The molecular weight excluding hydrogens is 323 g/mol. The summed E-state index contributed by atoms with van der Waals surface area (Å²) < 4.78 is 19.8. The van der Waals surface area contributed by atoms with Gasteiger partial charge in [-0.05, 0) is 27.7 Å². The number of hydrogen-bond acceptors (Lipinski definition) is 4. The van der Waals surface area contributed by atoms with Crippen molar-refractivity contribution in [3.63, 3.8) is 0 Å². The van der Waals surface area contributed by atoms with Crippen molar-refractivity contribution in [3.8, 4) is 0 Å². The third kappa shape index (κ3) is 7.93. The average molecular weight is 342 g/mol. The molecule has 0 fully saturated rings. The Balaban J connectivity index is 4.90. The molecule has 0 spiro atoms. The molecule has 0 aromatic heterocycles. The summed E-state index contributed by atoms with van der Waals surface area (Å²) in [5.74, 6) is -1.13. The minimum absolute atomic E-state index is 0.171. The highest BCUT2D eigenvalue weighted by Gasteiger charge is 2.28. The summed E-state index contributed by atoms with van der Waals surface area (Å²) in [5, 5.41) is 0. The lowest BCUT2D eigenvalue weighted by Crippen LogP contribution is -2.24. The SMILES string of the molecule is CCOC(=O)C(CO[P+](=O)O)/C(C)=C/C(C)(C)Br. The third-order valence-corrected chi connectivity index (χ3v) is 2.64. The minimum atomic E-state index is -2.72. The predicted molar refractivity (Wildman–Crippen MR) is 72.7 cm³/mol. The number of ether oxygens (including phenoxy) is 1. The van der Waals surface area contributed by atoms with Crippen molar-refractivity contribution >= 4 is 30.2 Å². The zero-order valence-electron chi connectivity index (χ0n) is 11.0. The van der Waals surface area contributed by atoms with E-state index in [0.29, 0.717) is 0 Å². The van der Waals surface area contributed by atoms with Gasteiger partial charge in [0.05, 0.1) is 6.61 Å². The topological polar surface area (TPSA) is 72.8 Å². The van der Waals surface area contributed by atoms with Crippen LogP contribution < -0.4 is 0 Å². The second kappa shape index (κ2) is 8.00. The van der Waals surface area contributed by atoms with Crippen LogP contribution in [0.15, 0.2) is 11.6 Å². The fraction of sp³-hybridized carbons (Fsp3) is 0.727. The molecule has 0 saturated heterocycles. The quantitative estimate of drug-likeness (QED) is 0.333. The van der Waals surface area contributed by atoms with Crippen molar-refractivity contribution in [1.29, 1.82) is 0 Å². The lowest BCUT2D eigenvalue weighted by Gasteiger charge is -2.17. The summed E-state index contributed by atoms with van der Waals surface area (Å²) in [4.78, 5) is 20.4. The van der Waals surface area contributed by atoms with Crippen molar-refractivity contribution in [2.24, 2.45) is 5.92 Å². The van der Waals surface area contributed by atoms with E-state index < -0.39 is 20.1 Å². The molecule has 7 heteroatoms. The Bertz CT molecular complexity index is 335. The van der Waals surface area contributed by atoms with E-state index in [-0.39, 0.29) is 17.5 Å². The standard InChI is InChI=1S/C11H18BrO5P/c1-5-16-10(13)9(7-17-18(14)15)8(2)6-11(3,4)12/h6,9H,5,7H2,1-4H3/p+1/b8-6+. The molecule has 104 valence electrons. The minimum Gasteiger partial charge on any atom is -0.465 e. The first kappa shape index (κ1) is 17.7. The Morgan fingerprint density at radius 2 is 2.11 bits per heavy atom. The molecule has 0 saturated carbocycles. The molecule has 0 aliphatic carbocycles. The van der Waals surface area contributed by atoms with Crippen LogP contribution in [-0.2, 0) is 18.6 Å². The van der Waals surface area contributed by atoms with Crippen LogP contribution in [0.25, 0.3) is 0 Å². The smallest absolute Gasteiger partial charge is 0.465 e. The summed E-state index contributed by atoms with van der Waals surface area (Å²) >= 11 is 3.44. The first-order valence-electron chi connectivity index (χ1n) is 5.51. The van der Waals surface area contributed by atoms with Gasteiger partial charge in [0.25, 0.3) is 0 Å². The van der Waals surface area contributed by atoms with Gasteiger partial charge in [-0.2, -0.15) is 0 Å². The van der Waals surface area contributed by atoms with Crippen LogP contribution in [0.4, 0.5) is 0 Å². The second-order valence-electron chi connectivity index (χ2n) is 4.29. The summed E-state index contributed by atoms with van der Waals surface area (Å²) in [6, 6.07) is 0. The Hall–Kier alpha value is -0.290. The summed E-state index contributed by atoms with van der Waals surface area (Å²) in [6.07, 6.45) is 1.85. The number of alkyl halides is 1. The molecule has 0 aliphatic rings. The molecule has 0 aromatic rings. The van der Waals surface area contributed by atoms with Crippen LogP contribution in [0.1, 0.15) is 27.7 Å². The number of carbonyl (C=O) groups excluding carboxylic acids is 1. The van der Waals surface area contributed by atoms with Gasteiger partial charge in [-0.1, -0.05) is 27.6 Å². The van der Waals surface area contributed by atoms with E-state index in [9.17, 15) is 9.36 Å². The molecule has 5 nitrogen and oxygen atoms in total. The van der Waals surface area contributed by atoms with E-state index in [0.717, 1.165) is 5.57 Å². The van der Waals surface area contributed by atoms with Crippen molar-refractivity contribution in [3.05, 3.63) is 11.6 Å². The van der Waals surface area contributed by atoms with Gasteiger partial charge in [0.2, 0.25) is 0 Å². The number of esters is 1. The molecule has 0 amide bonds. The second-order valence-corrected chi connectivity index (χ2v) is 7.07. The number of rotatable bonds is 7. The number of allylic oxidation sites excluding steroid dienone is 1. The molecular formula is C11H19BrO5P+. The number of carbonyl (C=O) groups is 1. The number of halogens is 1. The highest BCUT2D eigenvalue weighted by Crippen LogP contribution is 2.26. The first-order chi connectivity index (χ1) is 8.17. The Morgan fingerprint density at radius 3 is 2.50 bits per heavy atom. The lowest BCUT2D eigenvalue weighted by molar-refractivity contribution is -0.147. The van der Waals surface area contributed by atoms with Crippen LogP contribution >= 0.6 is 24.2 Å². The Kier molecular flexibility index (Phi) is 7.87. The van der Waals surface area contributed by atoms with Gasteiger partial charge >= 0.3 is 14.2 Å². The predicted octanol–water partition coefficient (Wildman–Crippen LogP) is 2.95. The van der Waals surface area contributed by atoms with Gasteiger partial charge in [-0.3, -0.25) is 4.79 Å². The van der Waals surface area contributed by atoms with E-state index in [4.69, 9.17) is 9.63 Å². The molecule has 0 aliphatic heterocycles. The van der Waals surface area contributed by atoms with Crippen LogP contribution in [0.5, 0.6) is 0 Å². The third-order valence-electron chi connectivity index (χ3n) is 2.04. The Morgan fingerprint density at radius 1 is 1.56 bits per heavy atom. The number of hydrogen-bond donors (Lipinski definition) is 1. The molecule has 1 N–H and O–H groups in total. The normalized spacial score (nSPS) is 15.2. The van der Waals surface area contributed by atoms with Crippen molar-refractivity contribution in [2.45, 2.75) is 32.0 Å². The molecule has 2 unspecified atom stereocenters. The van der Waals surface area contributed by atoms with Crippen LogP contribution in [-0.4, -0.2) is 28.4 Å². The van der Waals surface area contributed by atoms with Gasteiger partial charge in [-0.15, -0.1) is 9.42 Å². The highest BCUT2D eigenvalue weighted by molar-refractivity contribution is 9.10. The van der Waals surface area contributed by atoms with E-state index >= 15 is 0 Å². The van der Waals surface area contributed by atoms with Crippen molar-refractivity contribution in [1.82, 2.24) is 0 Å². The molecule has 0 heterocycles. The van der Waals surface area contributed by atoms with Gasteiger partial charge in [0.1, 0.15) is 12.5 Å². The van der Waals surface area contributed by atoms with E-state index in [1.807, 2.05) is 19.9 Å². The van der Waals surface area contributed by atoms with E-state index in [1.165, 1.54) is 0 Å². The van der Waals surface area contributed by atoms with Gasteiger partial charge in [0.15, 0.2) is 0 Å². The highest BCUT2D eigenvalue weighted by atomic mass is 79.9. The molecule has 0 aromatic carbocycles. The molecule has 18 heavy (non-hydrogen) atoms. The molecule has 0 rings (SSSR count). The maximum atomic E-state index is 11.7. The lowest BCUT2D eigenvalue weighted by atomic mass is 9.98. The van der Waals surface area contributed by atoms with Crippen LogP contribution in [0.2, 0.25) is 0 Å². The van der Waals surface area contributed by atoms with Crippen molar-refractivity contribution < 1.29 is 23.5 Å². The maximum absolute atomic E-state index is 11.7. The van der Waals surface area contributed by atoms with Gasteiger partial charge in [-0.25, -0.2) is 0 Å². The van der Waals surface area contributed by atoms with Crippen LogP contribution in [0.3, 0.4) is 0 Å². The fourth-order valence-corrected chi connectivity index (χ4v) is 2.05. The molecule has 0 bridgehead atoms. The Labute approximate surface area is 117 Å². The van der Waals surface area contributed by atoms with Crippen LogP contribution in [0, 0.1) is 5.92 Å². The zero-order valence-corrected chi connectivity index (χ0v) is 13.5. The summed E-state index contributed by atoms with van der Waals surface area (Å²) in [6.45, 7) is 7.40. The average Bonchev–Trinajstić information content (AvgIpc) is 2.14. The first-order valence-corrected chi connectivity index (χ1v) is 7.43. The largest absolute Gasteiger partial charge is 0.694 e. The molecule has 2 atom stereocenters. The zero-order chi connectivity index (χ0) is 14.3. The summed E-state index contributed by atoms with van der Waals surface area (Å²) in [5.41, 5.74) is 0.729. The van der Waals surface area contributed by atoms with Gasteiger partial charge < -0.3 is 4.74 Å². The fourth-order valence-electron chi connectivity index (χ4n) is 1.41. The maximum Gasteiger partial charge on any atom is 0.694 e.